The zero-order valence-electron chi connectivity index (χ0n) is 10.1. The lowest BCUT2D eigenvalue weighted by molar-refractivity contribution is -0.142. The van der Waals surface area contributed by atoms with Crippen LogP contribution in [0.15, 0.2) is 18.3 Å². The zero-order chi connectivity index (χ0) is 12.7. The molecule has 0 aromatic carbocycles. The van der Waals surface area contributed by atoms with E-state index in [0.29, 0.717) is 12.8 Å². The summed E-state index contributed by atoms with van der Waals surface area (Å²) in [7, 11) is 0. The average molecular weight is 262 g/mol. The lowest BCUT2D eigenvalue weighted by Crippen LogP contribution is -2.25. The van der Waals surface area contributed by atoms with Crippen LogP contribution < -0.4 is 0 Å². The quantitative estimate of drug-likeness (QED) is 0.905. The minimum absolute atomic E-state index is 0.280. The van der Waals surface area contributed by atoms with E-state index >= 15 is 0 Å². The molecule has 1 N–H and O–H groups in total. The second-order valence-corrected chi connectivity index (χ2v) is 5.96. The van der Waals surface area contributed by atoms with Crippen LogP contribution in [0, 0.1) is 12.8 Å². The second kappa shape index (κ2) is 4.24. The van der Waals surface area contributed by atoms with Gasteiger partial charge in [-0.3, -0.25) is 4.79 Å². The van der Waals surface area contributed by atoms with Gasteiger partial charge in [0.05, 0.1) is 16.5 Å². The molecule has 2 aromatic rings. The molecule has 3 rings (SSSR count). The Bertz CT molecular complexity index is 600. The highest BCUT2D eigenvalue weighted by Gasteiger charge is 2.26. The number of carboxylic acids is 1. The van der Waals surface area contributed by atoms with Crippen molar-refractivity contribution in [3.05, 3.63) is 29.0 Å². The Morgan fingerprint density at radius 2 is 2.39 bits per heavy atom. The monoisotopic (exact) mass is 262 g/mol. The molecule has 0 aliphatic carbocycles. The van der Waals surface area contributed by atoms with Gasteiger partial charge in [0.2, 0.25) is 0 Å². The van der Waals surface area contributed by atoms with Gasteiger partial charge in [-0.15, -0.1) is 11.3 Å². The van der Waals surface area contributed by atoms with Gasteiger partial charge in [-0.25, -0.2) is 4.98 Å². The summed E-state index contributed by atoms with van der Waals surface area (Å²) in [4.78, 5) is 18.0. The highest BCUT2D eigenvalue weighted by atomic mass is 32.1. The molecule has 0 spiro atoms. The number of hydrogen-bond donors (Lipinski definition) is 1. The van der Waals surface area contributed by atoms with Crippen LogP contribution in [0.3, 0.4) is 0 Å². The number of carboxylic acid groups (broad SMARTS) is 1. The number of rotatable bonds is 2. The Balaban J connectivity index is 1.91. The molecule has 18 heavy (non-hydrogen) atoms. The molecule has 0 saturated heterocycles. The van der Waals surface area contributed by atoms with Crippen molar-refractivity contribution in [2.24, 2.45) is 5.92 Å². The molecule has 0 bridgehead atoms. The summed E-state index contributed by atoms with van der Waals surface area (Å²) >= 11 is 1.72. The summed E-state index contributed by atoms with van der Waals surface area (Å²) in [6, 6.07) is 4.15. The molecule has 1 atom stereocenters. The molecule has 4 nitrogen and oxygen atoms in total. The summed E-state index contributed by atoms with van der Waals surface area (Å²) in [6.45, 7) is 2.83. The number of aromatic nitrogens is 2. The Morgan fingerprint density at radius 3 is 3.06 bits per heavy atom. The maximum absolute atomic E-state index is 11.0. The number of carbonyl (C=O) groups is 1. The zero-order valence-corrected chi connectivity index (χ0v) is 10.9. The smallest absolute Gasteiger partial charge is 0.307 e. The Kier molecular flexibility index (Phi) is 2.70. The Labute approximate surface area is 109 Å². The molecular formula is C13H14N2O2S. The number of hydrogen-bond acceptors (Lipinski definition) is 3. The molecule has 5 heteroatoms. The van der Waals surface area contributed by atoms with Gasteiger partial charge in [0.15, 0.2) is 0 Å². The molecule has 3 heterocycles. The minimum atomic E-state index is -0.710. The highest BCUT2D eigenvalue weighted by molar-refractivity contribution is 7.15. The van der Waals surface area contributed by atoms with Crippen LogP contribution in [-0.4, -0.2) is 20.6 Å². The van der Waals surface area contributed by atoms with E-state index in [1.807, 2.05) is 6.20 Å². The van der Waals surface area contributed by atoms with Crippen molar-refractivity contribution >= 4 is 17.3 Å². The number of imidazole rings is 1. The third kappa shape index (κ3) is 1.95. The SMILES string of the molecule is Cc1ccc(-c2cn3c(n2)CC(C(=O)O)CC3)s1. The summed E-state index contributed by atoms with van der Waals surface area (Å²) in [5.41, 5.74) is 0.967. The minimum Gasteiger partial charge on any atom is -0.481 e. The van der Waals surface area contributed by atoms with E-state index in [-0.39, 0.29) is 5.92 Å². The molecule has 0 saturated carbocycles. The van der Waals surface area contributed by atoms with Gasteiger partial charge in [-0.1, -0.05) is 0 Å². The highest BCUT2D eigenvalue weighted by Crippen LogP contribution is 2.29. The summed E-state index contributed by atoms with van der Waals surface area (Å²) < 4.78 is 2.09. The van der Waals surface area contributed by atoms with E-state index < -0.39 is 5.97 Å². The molecular weight excluding hydrogens is 248 g/mol. The van der Waals surface area contributed by atoms with Crippen molar-refractivity contribution < 1.29 is 9.90 Å². The third-order valence-electron chi connectivity index (χ3n) is 3.35. The van der Waals surface area contributed by atoms with Crippen LogP contribution in [0.4, 0.5) is 0 Å². The fourth-order valence-electron chi connectivity index (χ4n) is 2.33. The molecule has 0 fully saturated rings. The van der Waals surface area contributed by atoms with E-state index in [0.717, 1.165) is 22.9 Å². The van der Waals surface area contributed by atoms with Gasteiger partial charge >= 0.3 is 5.97 Å². The maximum atomic E-state index is 11.0. The van der Waals surface area contributed by atoms with Gasteiger partial charge in [0, 0.05) is 24.0 Å². The first-order chi connectivity index (χ1) is 8.63. The fourth-order valence-corrected chi connectivity index (χ4v) is 3.15. The van der Waals surface area contributed by atoms with Crippen LogP contribution in [0.2, 0.25) is 0 Å². The van der Waals surface area contributed by atoms with E-state index in [1.165, 1.54) is 4.88 Å². The second-order valence-electron chi connectivity index (χ2n) is 4.67. The molecule has 2 aromatic heterocycles. The molecule has 0 amide bonds. The largest absolute Gasteiger partial charge is 0.481 e. The number of nitrogens with zero attached hydrogens (tertiary/aromatic N) is 2. The molecule has 94 valence electrons. The van der Waals surface area contributed by atoms with Crippen molar-refractivity contribution in [3.63, 3.8) is 0 Å². The van der Waals surface area contributed by atoms with E-state index in [4.69, 9.17) is 5.11 Å². The Hall–Kier alpha value is -1.62. The predicted molar refractivity (Wildman–Crippen MR) is 69.7 cm³/mol. The number of fused-ring (bicyclic) bond motifs is 1. The first-order valence-electron chi connectivity index (χ1n) is 5.99. The number of thiophene rings is 1. The summed E-state index contributed by atoms with van der Waals surface area (Å²) in [5, 5.41) is 9.06. The number of aryl methyl sites for hydroxylation is 2. The van der Waals surface area contributed by atoms with Gasteiger partial charge in [-0.2, -0.15) is 0 Å². The maximum Gasteiger partial charge on any atom is 0.307 e. The summed E-state index contributed by atoms with van der Waals surface area (Å²) in [5.74, 6) is -0.0923. The lowest BCUT2D eigenvalue weighted by atomic mass is 9.98. The third-order valence-corrected chi connectivity index (χ3v) is 4.37. The van der Waals surface area contributed by atoms with Crippen LogP contribution in [0.25, 0.3) is 10.6 Å². The average Bonchev–Trinajstić information content (AvgIpc) is 2.93. The van der Waals surface area contributed by atoms with E-state index in [1.54, 1.807) is 11.3 Å². The van der Waals surface area contributed by atoms with Crippen molar-refractivity contribution in [3.8, 4) is 10.6 Å². The molecule has 1 unspecified atom stereocenters. The normalized spacial score (nSPS) is 18.6. The molecule has 1 aliphatic heterocycles. The predicted octanol–water partition coefficient (Wildman–Crippen LogP) is 2.57. The fraction of sp³-hybridized carbons (Fsp3) is 0.385. The van der Waals surface area contributed by atoms with Crippen LogP contribution in [0.1, 0.15) is 17.1 Å². The summed E-state index contributed by atoms with van der Waals surface area (Å²) in [6.07, 6.45) is 3.28. The van der Waals surface area contributed by atoms with Gasteiger partial charge in [-0.05, 0) is 25.5 Å². The van der Waals surface area contributed by atoms with Gasteiger partial charge in [0.1, 0.15) is 5.82 Å². The Morgan fingerprint density at radius 1 is 1.56 bits per heavy atom. The van der Waals surface area contributed by atoms with Crippen molar-refractivity contribution in [2.75, 3.05) is 0 Å². The topological polar surface area (TPSA) is 55.1 Å². The van der Waals surface area contributed by atoms with Crippen LogP contribution >= 0.6 is 11.3 Å². The molecule has 0 radical (unpaired) electrons. The van der Waals surface area contributed by atoms with Gasteiger partial charge < -0.3 is 9.67 Å². The van der Waals surface area contributed by atoms with Crippen molar-refractivity contribution in [1.29, 1.82) is 0 Å². The first kappa shape index (κ1) is 11.5. The van der Waals surface area contributed by atoms with Crippen LogP contribution in [0.5, 0.6) is 0 Å². The first-order valence-corrected chi connectivity index (χ1v) is 6.81. The van der Waals surface area contributed by atoms with Crippen molar-refractivity contribution in [1.82, 2.24) is 9.55 Å². The van der Waals surface area contributed by atoms with Crippen LogP contribution in [-0.2, 0) is 17.8 Å². The molecule has 1 aliphatic rings. The van der Waals surface area contributed by atoms with E-state index in [9.17, 15) is 4.79 Å². The lowest BCUT2D eigenvalue weighted by Gasteiger charge is -2.19. The van der Waals surface area contributed by atoms with Crippen molar-refractivity contribution in [2.45, 2.75) is 26.3 Å². The standard InChI is InChI=1S/C13H14N2O2S/c1-8-2-3-11(18-8)10-7-15-5-4-9(13(16)17)6-12(15)14-10/h2-3,7,9H,4-6H2,1H3,(H,16,17). The van der Waals surface area contributed by atoms with Gasteiger partial charge in [0.25, 0.3) is 0 Å². The number of aliphatic carboxylic acids is 1. The van der Waals surface area contributed by atoms with E-state index in [2.05, 4.69) is 28.6 Å².